The van der Waals surface area contributed by atoms with Crippen LogP contribution in [0.4, 0.5) is 0 Å². The van der Waals surface area contributed by atoms with Crippen LogP contribution in [0.1, 0.15) is 67.2 Å². The highest BCUT2D eigenvalue weighted by atomic mass is 14.9. The van der Waals surface area contributed by atoms with Gasteiger partial charge < -0.3 is 0 Å². The summed E-state index contributed by atoms with van der Waals surface area (Å²) in [7, 11) is 0. The van der Waals surface area contributed by atoms with Crippen LogP contribution in [0.15, 0.2) is 0 Å². The topological polar surface area (TPSA) is 0 Å². The van der Waals surface area contributed by atoms with E-state index in [2.05, 4.69) is 41.5 Å². The largest absolute Gasteiger partial charge is 0.0619 e. The molecule has 8 atom stereocenters. The van der Waals surface area contributed by atoms with Crippen molar-refractivity contribution in [3.05, 3.63) is 0 Å². The highest BCUT2D eigenvalue weighted by molar-refractivity contribution is 5.33. The Labute approximate surface area is 113 Å². The molecule has 0 radical (unpaired) electrons. The van der Waals surface area contributed by atoms with Gasteiger partial charge in [-0.1, -0.05) is 41.5 Å². The van der Waals surface area contributed by atoms with Gasteiger partial charge in [-0.25, -0.2) is 0 Å². The Balaban J connectivity index is 2.00. The van der Waals surface area contributed by atoms with Crippen molar-refractivity contribution < 1.29 is 0 Å². The molecule has 4 rings (SSSR count). The summed E-state index contributed by atoms with van der Waals surface area (Å²) < 4.78 is 0. The maximum absolute atomic E-state index is 2.67. The van der Waals surface area contributed by atoms with E-state index in [1.165, 1.54) is 25.7 Å². The van der Waals surface area contributed by atoms with Gasteiger partial charge in [0.15, 0.2) is 0 Å². The standard InChI is InChI=1S/C18H30/c1-11-9-14-12(2)18(6)16(4)10-13(14)7-8-15(16,3)17(11,18)5/h11-14H,7-10H2,1-6H3. The maximum atomic E-state index is 2.67. The van der Waals surface area contributed by atoms with Crippen LogP contribution < -0.4 is 0 Å². The molecule has 0 saturated heterocycles. The van der Waals surface area contributed by atoms with Crippen molar-refractivity contribution in [2.24, 2.45) is 45.3 Å². The summed E-state index contributed by atoms with van der Waals surface area (Å²) in [6.45, 7) is 15.8. The predicted octanol–water partition coefficient (Wildman–Crippen LogP) is 5.13. The molecular weight excluding hydrogens is 216 g/mol. The van der Waals surface area contributed by atoms with Gasteiger partial charge in [-0.3, -0.25) is 0 Å². The first-order chi connectivity index (χ1) is 8.24. The van der Waals surface area contributed by atoms with Gasteiger partial charge in [0, 0.05) is 0 Å². The second-order valence-corrected chi connectivity index (χ2v) is 9.16. The van der Waals surface area contributed by atoms with Crippen molar-refractivity contribution >= 4 is 0 Å². The van der Waals surface area contributed by atoms with Crippen molar-refractivity contribution in [2.75, 3.05) is 0 Å². The van der Waals surface area contributed by atoms with Gasteiger partial charge >= 0.3 is 0 Å². The Kier molecular flexibility index (Phi) is 1.78. The lowest BCUT2D eigenvalue weighted by molar-refractivity contribution is -0.424. The van der Waals surface area contributed by atoms with E-state index in [-0.39, 0.29) is 0 Å². The molecule has 18 heavy (non-hydrogen) atoms. The van der Waals surface area contributed by atoms with E-state index in [9.17, 15) is 0 Å². The maximum Gasteiger partial charge on any atom is -0.0176 e. The lowest BCUT2D eigenvalue weighted by Gasteiger charge is -2.90. The average Bonchev–Trinajstić information content (AvgIpc) is 2.33. The van der Waals surface area contributed by atoms with Gasteiger partial charge in [-0.2, -0.15) is 0 Å². The molecule has 0 nitrogen and oxygen atoms in total. The molecule has 0 spiro atoms. The van der Waals surface area contributed by atoms with Crippen LogP contribution in [-0.4, -0.2) is 0 Å². The third-order valence-corrected chi connectivity index (χ3v) is 10.0. The zero-order chi connectivity index (χ0) is 13.1. The van der Waals surface area contributed by atoms with Crippen molar-refractivity contribution in [3.8, 4) is 0 Å². The zero-order valence-corrected chi connectivity index (χ0v) is 13.1. The lowest BCUT2D eigenvalue weighted by atomic mass is 9.14. The van der Waals surface area contributed by atoms with Gasteiger partial charge in [0.1, 0.15) is 0 Å². The molecule has 0 aromatic rings. The number of rotatable bonds is 0. The summed E-state index contributed by atoms with van der Waals surface area (Å²) in [4.78, 5) is 0. The van der Waals surface area contributed by atoms with E-state index in [0.717, 1.165) is 23.7 Å². The number of fused-ring (bicyclic) bond motifs is 4. The molecular formula is C18H30. The third kappa shape index (κ3) is 0.714. The minimum Gasteiger partial charge on any atom is -0.0619 e. The highest BCUT2D eigenvalue weighted by Crippen LogP contribution is 2.91. The third-order valence-electron chi connectivity index (χ3n) is 10.0. The second kappa shape index (κ2) is 2.72. The minimum absolute atomic E-state index is 0.593. The summed E-state index contributed by atoms with van der Waals surface area (Å²) in [6.07, 6.45) is 6.09. The first-order valence-electron chi connectivity index (χ1n) is 8.24. The van der Waals surface area contributed by atoms with E-state index < -0.39 is 0 Å². The van der Waals surface area contributed by atoms with E-state index in [1.807, 2.05) is 0 Å². The van der Waals surface area contributed by atoms with Crippen LogP contribution in [0.3, 0.4) is 0 Å². The predicted molar refractivity (Wildman–Crippen MR) is 76.2 cm³/mol. The van der Waals surface area contributed by atoms with Crippen molar-refractivity contribution in [3.63, 3.8) is 0 Å². The quantitative estimate of drug-likeness (QED) is 0.556. The normalized spacial score (nSPS) is 73.0. The smallest absolute Gasteiger partial charge is 0.0176 e. The summed E-state index contributed by atoms with van der Waals surface area (Å²) in [6, 6.07) is 0. The molecule has 4 fully saturated rings. The first-order valence-corrected chi connectivity index (χ1v) is 8.24. The monoisotopic (exact) mass is 246 g/mol. The fraction of sp³-hybridized carbons (Fsp3) is 1.00. The average molecular weight is 246 g/mol. The van der Waals surface area contributed by atoms with Gasteiger partial charge in [0.05, 0.1) is 0 Å². The molecule has 0 amide bonds. The summed E-state index contributed by atoms with van der Waals surface area (Å²) >= 11 is 0. The minimum atomic E-state index is 0.593. The molecule has 4 saturated carbocycles. The van der Waals surface area contributed by atoms with Crippen molar-refractivity contribution in [2.45, 2.75) is 67.2 Å². The molecule has 0 heteroatoms. The second-order valence-electron chi connectivity index (χ2n) is 9.16. The van der Waals surface area contributed by atoms with E-state index in [4.69, 9.17) is 0 Å². The Bertz CT molecular complexity index is 414. The van der Waals surface area contributed by atoms with Gasteiger partial charge in [-0.15, -0.1) is 0 Å². The molecule has 4 aliphatic rings. The first kappa shape index (κ1) is 11.8. The van der Waals surface area contributed by atoms with Gasteiger partial charge in [0.25, 0.3) is 0 Å². The Morgan fingerprint density at radius 1 is 0.889 bits per heavy atom. The summed E-state index contributed by atoms with van der Waals surface area (Å²) in [5.74, 6) is 3.98. The zero-order valence-electron chi connectivity index (χ0n) is 13.1. The Morgan fingerprint density at radius 2 is 1.56 bits per heavy atom. The summed E-state index contributed by atoms with van der Waals surface area (Å²) in [5, 5.41) is 0. The van der Waals surface area contributed by atoms with Crippen LogP contribution in [0.5, 0.6) is 0 Å². The molecule has 8 unspecified atom stereocenters. The highest BCUT2D eigenvalue weighted by Gasteiger charge is 2.85. The fourth-order valence-electron chi connectivity index (χ4n) is 8.58. The molecule has 4 bridgehead atoms. The van der Waals surface area contributed by atoms with Crippen molar-refractivity contribution in [1.82, 2.24) is 0 Å². The van der Waals surface area contributed by atoms with Gasteiger partial charge in [0.2, 0.25) is 0 Å². The Hall–Kier alpha value is 0. The number of hydrogen-bond donors (Lipinski definition) is 0. The molecule has 0 N–H and O–H groups in total. The van der Waals surface area contributed by atoms with Crippen LogP contribution in [0, 0.1) is 45.3 Å². The van der Waals surface area contributed by atoms with Crippen LogP contribution in [-0.2, 0) is 0 Å². The summed E-state index contributed by atoms with van der Waals surface area (Å²) in [5.41, 5.74) is 2.44. The Morgan fingerprint density at radius 3 is 2.22 bits per heavy atom. The van der Waals surface area contributed by atoms with Gasteiger partial charge in [-0.05, 0) is 71.0 Å². The van der Waals surface area contributed by atoms with Crippen LogP contribution in [0.25, 0.3) is 0 Å². The van der Waals surface area contributed by atoms with E-state index in [0.29, 0.717) is 21.7 Å². The SMILES string of the molecule is CC1CC2C3CCC4(C)C(C)(C3)C(C)(C2C)C14C. The molecule has 0 aliphatic heterocycles. The fourth-order valence-corrected chi connectivity index (χ4v) is 8.58. The molecule has 0 aromatic carbocycles. The number of hydrogen-bond acceptors (Lipinski definition) is 0. The molecule has 4 aliphatic carbocycles. The van der Waals surface area contributed by atoms with Crippen LogP contribution >= 0.6 is 0 Å². The molecule has 102 valence electrons. The molecule has 0 aromatic heterocycles. The molecule has 0 heterocycles. The van der Waals surface area contributed by atoms with E-state index >= 15 is 0 Å². The lowest BCUT2D eigenvalue weighted by Crippen LogP contribution is -2.84. The van der Waals surface area contributed by atoms with Crippen molar-refractivity contribution in [1.29, 1.82) is 0 Å². The van der Waals surface area contributed by atoms with E-state index in [1.54, 1.807) is 0 Å². The van der Waals surface area contributed by atoms with Crippen LogP contribution in [0.2, 0.25) is 0 Å².